The molecule has 0 saturated carbocycles. The van der Waals surface area contributed by atoms with Gasteiger partial charge in [-0.25, -0.2) is 19.9 Å². The first-order valence-electron chi connectivity index (χ1n) is 8.54. The number of carbonyl (C=O) groups is 2. The molecule has 0 unspecified atom stereocenters. The molecule has 0 fully saturated rings. The molecule has 32 heavy (non-hydrogen) atoms. The average Bonchev–Trinajstić information content (AvgIpc) is 3.21. The van der Waals surface area contributed by atoms with Crippen LogP contribution >= 0.6 is 34.5 Å². The van der Waals surface area contributed by atoms with Crippen LogP contribution in [0.15, 0.2) is 24.8 Å². The summed E-state index contributed by atoms with van der Waals surface area (Å²) in [5, 5.41) is 4.51. The fraction of sp³-hybridized carbons (Fsp3) is 0.176. The summed E-state index contributed by atoms with van der Waals surface area (Å²) in [7, 11) is 0. The van der Waals surface area contributed by atoms with E-state index in [1.165, 1.54) is 6.20 Å². The number of amides is 2. The summed E-state index contributed by atoms with van der Waals surface area (Å²) in [5.74, 6) is -1.76. The first-order valence-corrected chi connectivity index (χ1v) is 10.1. The third-order valence-electron chi connectivity index (χ3n) is 3.90. The molecule has 0 aliphatic rings. The second-order valence-electron chi connectivity index (χ2n) is 6.18. The van der Waals surface area contributed by atoms with Gasteiger partial charge in [0, 0.05) is 6.20 Å². The van der Waals surface area contributed by atoms with Crippen molar-refractivity contribution in [3.05, 3.63) is 56.0 Å². The molecule has 9 nitrogen and oxygen atoms in total. The van der Waals surface area contributed by atoms with Crippen molar-refractivity contribution in [3.8, 4) is 0 Å². The number of nitrogens with two attached hydrogens (primary N) is 1. The lowest BCUT2D eigenvalue weighted by Crippen LogP contribution is -2.28. The van der Waals surface area contributed by atoms with Gasteiger partial charge >= 0.3 is 6.18 Å². The van der Waals surface area contributed by atoms with Crippen molar-refractivity contribution >= 4 is 58.0 Å². The van der Waals surface area contributed by atoms with Gasteiger partial charge in [0.25, 0.3) is 11.8 Å². The standard InChI is InChI=1S/C17H12Cl2F3N7O2S/c1-6(28-15(31)12-11(19)13(23)27-5-26-12)16-25-4-9(32-16)14(30)29-10-2-7(17(20,21)22)8(18)3-24-10/h2-6H,1H3,(H,28,31)(H2,23,26,27)(H,24,29,30)/t6-/m0/s1. The number of hydrogen-bond acceptors (Lipinski definition) is 8. The number of halogens is 5. The van der Waals surface area contributed by atoms with Crippen LogP contribution in [-0.4, -0.2) is 31.8 Å². The summed E-state index contributed by atoms with van der Waals surface area (Å²) in [4.78, 5) is 40.0. The van der Waals surface area contributed by atoms with Crippen molar-refractivity contribution in [2.45, 2.75) is 19.1 Å². The Labute approximate surface area is 192 Å². The monoisotopic (exact) mass is 505 g/mol. The summed E-state index contributed by atoms with van der Waals surface area (Å²) < 4.78 is 38.9. The van der Waals surface area contributed by atoms with E-state index in [1.807, 2.05) is 0 Å². The fourth-order valence-corrected chi connectivity index (χ4v) is 3.57. The van der Waals surface area contributed by atoms with E-state index in [2.05, 4.69) is 30.6 Å². The summed E-state index contributed by atoms with van der Waals surface area (Å²) in [6, 6.07) is -0.0193. The number of alkyl halides is 3. The first-order chi connectivity index (χ1) is 15.0. The molecule has 3 rings (SSSR count). The molecule has 15 heteroatoms. The van der Waals surface area contributed by atoms with E-state index in [9.17, 15) is 22.8 Å². The van der Waals surface area contributed by atoms with E-state index < -0.39 is 34.6 Å². The maximum absolute atomic E-state index is 13.0. The van der Waals surface area contributed by atoms with Crippen molar-refractivity contribution in [2.75, 3.05) is 11.1 Å². The van der Waals surface area contributed by atoms with Crippen LogP contribution in [0.4, 0.5) is 24.8 Å². The van der Waals surface area contributed by atoms with Gasteiger partial charge in [0.1, 0.15) is 32.9 Å². The number of rotatable bonds is 5. The van der Waals surface area contributed by atoms with Crippen LogP contribution < -0.4 is 16.4 Å². The van der Waals surface area contributed by atoms with E-state index in [0.717, 1.165) is 23.9 Å². The maximum atomic E-state index is 13.0. The number of nitrogens with zero attached hydrogens (tertiary/aromatic N) is 4. The molecule has 3 aromatic rings. The molecule has 2 amide bonds. The lowest BCUT2D eigenvalue weighted by Gasteiger charge is -2.12. The third kappa shape index (κ3) is 5.23. The van der Waals surface area contributed by atoms with Crippen molar-refractivity contribution in [3.63, 3.8) is 0 Å². The van der Waals surface area contributed by atoms with Crippen LogP contribution in [0.5, 0.6) is 0 Å². The molecular formula is C17H12Cl2F3N7O2S. The molecule has 0 spiro atoms. The van der Waals surface area contributed by atoms with Crippen LogP contribution in [0.3, 0.4) is 0 Å². The Hall–Kier alpha value is -3.03. The zero-order valence-corrected chi connectivity index (χ0v) is 18.2. The molecule has 4 N–H and O–H groups in total. The van der Waals surface area contributed by atoms with E-state index >= 15 is 0 Å². The number of pyridine rings is 1. The normalized spacial score (nSPS) is 12.3. The molecule has 0 radical (unpaired) electrons. The first kappa shape index (κ1) is 23.6. The Balaban J connectivity index is 1.70. The minimum atomic E-state index is -4.71. The van der Waals surface area contributed by atoms with E-state index in [-0.39, 0.29) is 27.2 Å². The van der Waals surface area contributed by atoms with E-state index in [1.54, 1.807) is 6.92 Å². The minimum Gasteiger partial charge on any atom is -0.382 e. The van der Waals surface area contributed by atoms with Gasteiger partial charge in [0.15, 0.2) is 5.69 Å². The van der Waals surface area contributed by atoms with E-state index in [0.29, 0.717) is 11.1 Å². The minimum absolute atomic E-state index is 0.0582. The molecular weight excluding hydrogens is 494 g/mol. The van der Waals surface area contributed by atoms with Crippen LogP contribution in [-0.2, 0) is 6.18 Å². The highest BCUT2D eigenvalue weighted by molar-refractivity contribution is 7.13. The zero-order chi connectivity index (χ0) is 23.6. The molecule has 0 saturated heterocycles. The second kappa shape index (κ2) is 9.22. The SMILES string of the molecule is C[C@H](NC(=O)c1ncnc(N)c1Cl)c1ncc(C(=O)Nc2cc(C(F)(F)F)c(Cl)cn2)s1. The van der Waals surface area contributed by atoms with Gasteiger partial charge in [-0.3, -0.25) is 9.59 Å². The quantitative estimate of drug-likeness (QED) is 0.476. The van der Waals surface area contributed by atoms with E-state index in [4.69, 9.17) is 28.9 Å². The van der Waals surface area contributed by atoms with Gasteiger partial charge in [-0.1, -0.05) is 23.2 Å². The highest BCUT2D eigenvalue weighted by Crippen LogP contribution is 2.35. The molecule has 0 aliphatic carbocycles. The van der Waals surface area contributed by atoms with Crippen LogP contribution in [0, 0.1) is 0 Å². The third-order valence-corrected chi connectivity index (χ3v) is 5.75. The Morgan fingerprint density at radius 1 is 1.12 bits per heavy atom. The topological polar surface area (TPSA) is 136 Å². The highest BCUT2D eigenvalue weighted by atomic mass is 35.5. The Kier molecular flexibility index (Phi) is 6.81. The summed E-state index contributed by atoms with van der Waals surface area (Å²) in [5.41, 5.74) is 4.29. The highest BCUT2D eigenvalue weighted by Gasteiger charge is 2.34. The number of carbonyl (C=O) groups excluding carboxylic acids is 2. The van der Waals surface area contributed by atoms with Crippen molar-refractivity contribution in [1.82, 2.24) is 25.3 Å². The summed E-state index contributed by atoms with van der Waals surface area (Å²) >= 11 is 12.4. The van der Waals surface area contributed by atoms with Gasteiger partial charge in [-0.2, -0.15) is 13.2 Å². The number of nitrogen functional groups attached to an aromatic ring is 1. The molecule has 1 atom stereocenters. The fourth-order valence-electron chi connectivity index (χ4n) is 2.36. The number of nitrogens with one attached hydrogen (secondary N) is 2. The van der Waals surface area contributed by atoms with Gasteiger partial charge < -0.3 is 16.4 Å². The van der Waals surface area contributed by atoms with Crippen LogP contribution in [0.25, 0.3) is 0 Å². The van der Waals surface area contributed by atoms with Crippen molar-refractivity contribution < 1.29 is 22.8 Å². The Morgan fingerprint density at radius 3 is 2.53 bits per heavy atom. The largest absolute Gasteiger partial charge is 0.418 e. The molecule has 0 aromatic carbocycles. The predicted octanol–water partition coefficient (Wildman–Crippen LogP) is 3.98. The van der Waals surface area contributed by atoms with Gasteiger partial charge in [-0.15, -0.1) is 11.3 Å². The van der Waals surface area contributed by atoms with Crippen molar-refractivity contribution in [1.29, 1.82) is 0 Å². The zero-order valence-electron chi connectivity index (χ0n) is 15.9. The summed E-state index contributed by atoms with van der Waals surface area (Å²) in [6.45, 7) is 1.60. The Bertz CT molecular complexity index is 1190. The molecule has 3 heterocycles. The molecule has 0 bridgehead atoms. The number of aromatic nitrogens is 4. The van der Waals surface area contributed by atoms with Crippen molar-refractivity contribution in [2.24, 2.45) is 0 Å². The van der Waals surface area contributed by atoms with Gasteiger partial charge in [0.2, 0.25) is 0 Å². The summed E-state index contributed by atoms with van der Waals surface area (Å²) in [6.07, 6.45) is -1.61. The van der Waals surface area contributed by atoms with Gasteiger partial charge in [0.05, 0.1) is 22.8 Å². The lowest BCUT2D eigenvalue weighted by atomic mass is 10.2. The van der Waals surface area contributed by atoms with Crippen LogP contribution in [0.1, 0.15) is 43.7 Å². The smallest absolute Gasteiger partial charge is 0.382 e. The van der Waals surface area contributed by atoms with Crippen LogP contribution in [0.2, 0.25) is 10.0 Å². The number of thiazole rings is 1. The second-order valence-corrected chi connectivity index (χ2v) is 8.03. The lowest BCUT2D eigenvalue weighted by molar-refractivity contribution is -0.137. The predicted molar refractivity (Wildman–Crippen MR) is 112 cm³/mol. The Morgan fingerprint density at radius 2 is 1.84 bits per heavy atom. The molecule has 168 valence electrons. The number of anilines is 2. The average molecular weight is 506 g/mol. The number of hydrogen-bond donors (Lipinski definition) is 3. The van der Waals surface area contributed by atoms with Gasteiger partial charge in [-0.05, 0) is 13.0 Å². The molecule has 3 aromatic heterocycles. The maximum Gasteiger partial charge on any atom is 0.418 e. The molecule has 0 aliphatic heterocycles.